The van der Waals surface area contributed by atoms with Crippen LogP contribution in [0.1, 0.15) is 24.8 Å². The molecule has 2 aliphatic heterocycles. The second-order valence-electron chi connectivity index (χ2n) is 6.35. The molecule has 23 heavy (non-hydrogen) atoms. The Morgan fingerprint density at radius 1 is 1.13 bits per heavy atom. The van der Waals surface area contributed by atoms with E-state index in [0.29, 0.717) is 26.1 Å². The highest BCUT2D eigenvalue weighted by atomic mass is 16.2. The number of nitrogens with two attached hydrogens (primary N) is 1. The van der Waals surface area contributed by atoms with E-state index in [9.17, 15) is 9.59 Å². The predicted molar refractivity (Wildman–Crippen MR) is 89.0 cm³/mol. The van der Waals surface area contributed by atoms with E-state index in [-0.39, 0.29) is 17.9 Å². The lowest BCUT2D eigenvalue weighted by Gasteiger charge is -2.19. The lowest BCUT2D eigenvalue weighted by molar-refractivity contribution is -0.121. The average Bonchev–Trinajstić information content (AvgIpc) is 3.24. The van der Waals surface area contributed by atoms with Gasteiger partial charge in [-0.3, -0.25) is 4.79 Å². The number of nitrogens with one attached hydrogen (secondary N) is 1. The Labute approximate surface area is 136 Å². The van der Waals surface area contributed by atoms with Crippen molar-refractivity contribution in [3.8, 4) is 0 Å². The second-order valence-corrected chi connectivity index (χ2v) is 6.35. The lowest BCUT2D eigenvalue weighted by atomic mass is 10.1. The standard InChI is InChI=1S/C17H24N4O2/c18-16(22)14-7-10-21(12-14)17(23)19-11-13-3-5-15(6-4-13)20-8-1-2-9-20/h3-6,14H,1-2,7-12H2,(H2,18,22)(H,19,23)/t14-/m1/s1. The largest absolute Gasteiger partial charge is 0.372 e. The fourth-order valence-electron chi connectivity index (χ4n) is 3.27. The minimum Gasteiger partial charge on any atom is -0.372 e. The van der Waals surface area contributed by atoms with Crippen molar-refractivity contribution >= 4 is 17.6 Å². The molecule has 2 saturated heterocycles. The lowest BCUT2D eigenvalue weighted by Crippen LogP contribution is -2.39. The van der Waals surface area contributed by atoms with E-state index >= 15 is 0 Å². The highest BCUT2D eigenvalue weighted by Crippen LogP contribution is 2.20. The summed E-state index contributed by atoms with van der Waals surface area (Å²) in [5.74, 6) is -0.529. The van der Waals surface area contributed by atoms with Crippen molar-refractivity contribution in [3.63, 3.8) is 0 Å². The number of hydrogen-bond donors (Lipinski definition) is 2. The second kappa shape index (κ2) is 6.89. The number of rotatable bonds is 4. The predicted octanol–water partition coefficient (Wildman–Crippen LogP) is 1.30. The van der Waals surface area contributed by atoms with Gasteiger partial charge in [-0.2, -0.15) is 0 Å². The Morgan fingerprint density at radius 3 is 2.43 bits per heavy atom. The van der Waals surface area contributed by atoms with Gasteiger partial charge >= 0.3 is 6.03 Å². The molecule has 0 saturated carbocycles. The zero-order valence-electron chi connectivity index (χ0n) is 13.3. The minimum absolute atomic E-state index is 0.127. The van der Waals surface area contributed by atoms with Gasteiger partial charge in [0, 0.05) is 38.4 Å². The van der Waals surface area contributed by atoms with Crippen molar-refractivity contribution in [3.05, 3.63) is 29.8 Å². The van der Waals surface area contributed by atoms with Crippen molar-refractivity contribution in [2.75, 3.05) is 31.1 Å². The number of hydrogen-bond acceptors (Lipinski definition) is 3. The average molecular weight is 316 g/mol. The van der Waals surface area contributed by atoms with Crippen molar-refractivity contribution in [1.82, 2.24) is 10.2 Å². The molecule has 124 valence electrons. The molecule has 0 aliphatic carbocycles. The molecular weight excluding hydrogens is 292 g/mol. The number of likely N-dealkylation sites (tertiary alicyclic amines) is 1. The molecule has 6 nitrogen and oxygen atoms in total. The molecule has 3 amide bonds. The van der Waals surface area contributed by atoms with Gasteiger partial charge in [0.25, 0.3) is 0 Å². The maximum Gasteiger partial charge on any atom is 0.317 e. The van der Waals surface area contributed by atoms with Crippen LogP contribution in [0.15, 0.2) is 24.3 Å². The number of benzene rings is 1. The number of carbonyl (C=O) groups excluding carboxylic acids is 2. The summed E-state index contributed by atoms with van der Waals surface area (Å²) in [5, 5.41) is 2.91. The van der Waals surface area contributed by atoms with E-state index in [2.05, 4.69) is 34.5 Å². The van der Waals surface area contributed by atoms with Gasteiger partial charge in [-0.15, -0.1) is 0 Å². The Bertz CT molecular complexity index is 566. The van der Waals surface area contributed by atoms with E-state index in [1.165, 1.54) is 18.5 Å². The Balaban J connectivity index is 1.48. The van der Waals surface area contributed by atoms with Gasteiger partial charge in [0.2, 0.25) is 5.91 Å². The summed E-state index contributed by atoms with van der Waals surface area (Å²) in [7, 11) is 0. The van der Waals surface area contributed by atoms with E-state index in [4.69, 9.17) is 5.73 Å². The molecule has 1 aromatic carbocycles. The van der Waals surface area contributed by atoms with Gasteiger partial charge < -0.3 is 20.9 Å². The normalized spacial score (nSPS) is 20.8. The Kier molecular flexibility index (Phi) is 4.69. The highest BCUT2D eigenvalue weighted by Gasteiger charge is 2.29. The summed E-state index contributed by atoms with van der Waals surface area (Å²) >= 11 is 0. The molecule has 0 radical (unpaired) electrons. The van der Waals surface area contributed by atoms with Crippen LogP contribution < -0.4 is 16.0 Å². The van der Waals surface area contributed by atoms with Gasteiger partial charge in [0.1, 0.15) is 0 Å². The van der Waals surface area contributed by atoms with Crippen molar-refractivity contribution < 1.29 is 9.59 Å². The highest BCUT2D eigenvalue weighted by molar-refractivity contribution is 5.80. The smallest absolute Gasteiger partial charge is 0.317 e. The molecule has 3 rings (SSSR count). The number of primary amides is 1. The Hall–Kier alpha value is -2.24. The summed E-state index contributed by atoms with van der Waals surface area (Å²) in [4.78, 5) is 27.3. The fraction of sp³-hybridized carbons (Fsp3) is 0.529. The molecule has 2 fully saturated rings. The minimum atomic E-state index is -0.321. The van der Waals surface area contributed by atoms with Crippen LogP contribution in [0, 0.1) is 5.92 Å². The quantitative estimate of drug-likeness (QED) is 0.879. The zero-order chi connectivity index (χ0) is 16.2. The SMILES string of the molecule is NC(=O)[C@@H]1CCN(C(=O)NCc2ccc(N3CCCC3)cc2)C1. The van der Waals surface area contributed by atoms with Crippen molar-refractivity contribution in [2.24, 2.45) is 11.7 Å². The maximum absolute atomic E-state index is 12.1. The third-order valence-corrected chi connectivity index (χ3v) is 4.73. The number of nitrogens with zero attached hydrogens (tertiary/aromatic N) is 2. The number of urea groups is 1. The number of anilines is 1. The van der Waals surface area contributed by atoms with Crippen LogP contribution in [0.3, 0.4) is 0 Å². The number of amides is 3. The van der Waals surface area contributed by atoms with Crippen molar-refractivity contribution in [1.29, 1.82) is 0 Å². The molecule has 3 N–H and O–H groups in total. The van der Waals surface area contributed by atoms with Crippen LogP contribution in [-0.2, 0) is 11.3 Å². The molecule has 0 bridgehead atoms. The molecule has 0 spiro atoms. The summed E-state index contributed by atoms with van der Waals surface area (Å²) in [5.41, 5.74) is 7.62. The van der Waals surface area contributed by atoms with Gasteiger partial charge in [0.05, 0.1) is 5.92 Å². The monoisotopic (exact) mass is 316 g/mol. The molecular formula is C17H24N4O2. The maximum atomic E-state index is 12.1. The van der Waals surface area contributed by atoms with Crippen LogP contribution in [0.2, 0.25) is 0 Å². The first-order valence-corrected chi connectivity index (χ1v) is 8.29. The van der Waals surface area contributed by atoms with E-state index in [0.717, 1.165) is 18.7 Å². The Morgan fingerprint density at radius 2 is 1.83 bits per heavy atom. The zero-order valence-corrected chi connectivity index (χ0v) is 13.3. The summed E-state index contributed by atoms with van der Waals surface area (Å²) in [6, 6.07) is 8.23. The van der Waals surface area contributed by atoms with Crippen molar-refractivity contribution in [2.45, 2.75) is 25.8 Å². The van der Waals surface area contributed by atoms with Gasteiger partial charge in [-0.05, 0) is 37.0 Å². The molecule has 1 atom stereocenters. The first-order valence-electron chi connectivity index (χ1n) is 8.29. The third kappa shape index (κ3) is 3.75. The fourth-order valence-corrected chi connectivity index (χ4v) is 3.27. The molecule has 2 heterocycles. The molecule has 1 aromatic rings. The topological polar surface area (TPSA) is 78.7 Å². The van der Waals surface area contributed by atoms with Crippen LogP contribution in [0.5, 0.6) is 0 Å². The van der Waals surface area contributed by atoms with E-state index < -0.39 is 0 Å². The van der Waals surface area contributed by atoms with Gasteiger partial charge in [0.15, 0.2) is 0 Å². The summed E-state index contributed by atoms with van der Waals surface area (Å²) < 4.78 is 0. The third-order valence-electron chi connectivity index (χ3n) is 4.73. The molecule has 0 aromatic heterocycles. The van der Waals surface area contributed by atoms with Crippen LogP contribution >= 0.6 is 0 Å². The van der Waals surface area contributed by atoms with E-state index in [1.807, 2.05) is 0 Å². The summed E-state index contributed by atoms with van der Waals surface area (Å²) in [6.07, 6.45) is 3.19. The van der Waals surface area contributed by atoms with Gasteiger partial charge in [-0.1, -0.05) is 12.1 Å². The summed E-state index contributed by atoms with van der Waals surface area (Å²) in [6.45, 7) is 3.78. The van der Waals surface area contributed by atoms with Crippen LogP contribution in [0.4, 0.5) is 10.5 Å². The molecule has 6 heteroatoms. The molecule has 2 aliphatic rings. The number of carbonyl (C=O) groups is 2. The van der Waals surface area contributed by atoms with Crippen LogP contribution in [-0.4, -0.2) is 43.0 Å². The van der Waals surface area contributed by atoms with E-state index in [1.54, 1.807) is 4.90 Å². The molecule has 0 unspecified atom stereocenters. The first kappa shape index (κ1) is 15.6. The van der Waals surface area contributed by atoms with Gasteiger partial charge in [-0.25, -0.2) is 4.79 Å². The van der Waals surface area contributed by atoms with Crippen LogP contribution in [0.25, 0.3) is 0 Å². The first-order chi connectivity index (χ1) is 11.1.